The summed E-state index contributed by atoms with van der Waals surface area (Å²) in [6, 6.07) is 0. The fourth-order valence-electron chi connectivity index (χ4n) is 1.98. The summed E-state index contributed by atoms with van der Waals surface area (Å²) in [6.45, 7) is 6.95. The highest BCUT2D eigenvalue weighted by Crippen LogP contribution is 2.13. The number of aromatic nitrogens is 2. The number of aryl methyl sites for hydroxylation is 2. The SMILES string of the molecule is COCCN1CCN(c2ncc(C)c(C)n2)CC1=O. The van der Waals surface area contributed by atoms with Crippen molar-refractivity contribution < 1.29 is 9.53 Å². The van der Waals surface area contributed by atoms with E-state index in [-0.39, 0.29) is 5.91 Å². The molecule has 0 aliphatic carbocycles. The molecule has 0 atom stereocenters. The zero-order valence-corrected chi connectivity index (χ0v) is 11.7. The molecular weight excluding hydrogens is 244 g/mol. The van der Waals surface area contributed by atoms with Gasteiger partial charge in [0, 0.05) is 38.6 Å². The van der Waals surface area contributed by atoms with E-state index < -0.39 is 0 Å². The maximum atomic E-state index is 12.0. The number of piperazine rings is 1. The molecule has 0 N–H and O–H groups in total. The lowest BCUT2D eigenvalue weighted by Gasteiger charge is -2.34. The van der Waals surface area contributed by atoms with Gasteiger partial charge in [-0.3, -0.25) is 4.79 Å². The summed E-state index contributed by atoms with van der Waals surface area (Å²) in [6.07, 6.45) is 1.81. The van der Waals surface area contributed by atoms with E-state index in [2.05, 4.69) is 9.97 Å². The van der Waals surface area contributed by atoms with Gasteiger partial charge in [0.1, 0.15) is 0 Å². The van der Waals surface area contributed by atoms with Crippen LogP contribution in [0.3, 0.4) is 0 Å². The highest BCUT2D eigenvalue weighted by atomic mass is 16.5. The summed E-state index contributed by atoms with van der Waals surface area (Å²) in [5.74, 6) is 0.743. The molecule has 1 aliphatic rings. The Morgan fingerprint density at radius 1 is 1.37 bits per heavy atom. The van der Waals surface area contributed by atoms with E-state index in [1.165, 1.54) is 0 Å². The van der Waals surface area contributed by atoms with Crippen LogP contribution in [0.15, 0.2) is 6.20 Å². The van der Waals surface area contributed by atoms with Gasteiger partial charge >= 0.3 is 0 Å². The van der Waals surface area contributed by atoms with Crippen LogP contribution in [-0.2, 0) is 9.53 Å². The van der Waals surface area contributed by atoms with Gasteiger partial charge in [0.2, 0.25) is 11.9 Å². The van der Waals surface area contributed by atoms with Crippen LogP contribution in [0, 0.1) is 13.8 Å². The fourth-order valence-corrected chi connectivity index (χ4v) is 1.98. The molecule has 6 heteroatoms. The Labute approximate surface area is 113 Å². The number of methoxy groups -OCH3 is 1. The second kappa shape index (κ2) is 5.97. The minimum atomic E-state index is 0.102. The molecule has 2 heterocycles. The van der Waals surface area contributed by atoms with Gasteiger partial charge in [0.25, 0.3) is 0 Å². The summed E-state index contributed by atoms with van der Waals surface area (Å²) in [5, 5.41) is 0. The highest BCUT2D eigenvalue weighted by molar-refractivity contribution is 5.82. The second-order valence-corrected chi connectivity index (χ2v) is 4.73. The largest absolute Gasteiger partial charge is 0.383 e. The van der Waals surface area contributed by atoms with Crippen LogP contribution in [0.1, 0.15) is 11.3 Å². The summed E-state index contributed by atoms with van der Waals surface area (Å²) in [5.41, 5.74) is 2.02. The van der Waals surface area contributed by atoms with Crippen LogP contribution in [0.25, 0.3) is 0 Å². The number of rotatable bonds is 4. The predicted molar refractivity (Wildman–Crippen MR) is 72.2 cm³/mol. The number of anilines is 1. The maximum absolute atomic E-state index is 12.0. The van der Waals surface area contributed by atoms with Crippen LogP contribution < -0.4 is 4.90 Å². The molecule has 0 radical (unpaired) electrons. The Bertz CT molecular complexity index is 464. The minimum Gasteiger partial charge on any atom is -0.383 e. The van der Waals surface area contributed by atoms with Crippen molar-refractivity contribution in [2.45, 2.75) is 13.8 Å². The van der Waals surface area contributed by atoms with E-state index in [9.17, 15) is 4.79 Å². The normalized spacial score (nSPS) is 16.1. The quantitative estimate of drug-likeness (QED) is 0.787. The van der Waals surface area contributed by atoms with Crippen LogP contribution in [-0.4, -0.2) is 60.7 Å². The van der Waals surface area contributed by atoms with Gasteiger partial charge in [-0.25, -0.2) is 9.97 Å². The third-order valence-electron chi connectivity index (χ3n) is 3.38. The number of carbonyl (C=O) groups is 1. The van der Waals surface area contributed by atoms with E-state index in [1.54, 1.807) is 13.3 Å². The van der Waals surface area contributed by atoms with Crippen molar-refractivity contribution in [2.24, 2.45) is 0 Å². The Kier molecular flexibility index (Phi) is 4.31. The molecule has 0 unspecified atom stereocenters. The van der Waals surface area contributed by atoms with Crippen LogP contribution in [0.5, 0.6) is 0 Å². The van der Waals surface area contributed by atoms with Gasteiger partial charge in [-0.2, -0.15) is 0 Å². The predicted octanol–water partition coefficient (Wildman–Crippen LogP) is 0.388. The average molecular weight is 264 g/mol. The first-order valence-electron chi connectivity index (χ1n) is 6.43. The summed E-state index contributed by atoms with van der Waals surface area (Å²) in [4.78, 5) is 24.5. The third kappa shape index (κ3) is 3.20. The number of amides is 1. The van der Waals surface area contributed by atoms with E-state index in [1.807, 2.05) is 23.6 Å². The number of hydrogen-bond donors (Lipinski definition) is 0. The number of hydrogen-bond acceptors (Lipinski definition) is 5. The van der Waals surface area contributed by atoms with Gasteiger partial charge in [-0.15, -0.1) is 0 Å². The van der Waals surface area contributed by atoms with Gasteiger partial charge in [0.05, 0.1) is 13.2 Å². The van der Waals surface area contributed by atoms with Crippen molar-refractivity contribution in [1.29, 1.82) is 0 Å². The van der Waals surface area contributed by atoms with Gasteiger partial charge < -0.3 is 14.5 Å². The molecule has 0 aromatic carbocycles. The Balaban J connectivity index is 2.01. The van der Waals surface area contributed by atoms with Crippen molar-refractivity contribution >= 4 is 11.9 Å². The van der Waals surface area contributed by atoms with Gasteiger partial charge in [0.15, 0.2) is 0 Å². The molecule has 1 aromatic rings. The summed E-state index contributed by atoms with van der Waals surface area (Å²) >= 11 is 0. The topological polar surface area (TPSA) is 58.6 Å². The average Bonchev–Trinajstić information content (AvgIpc) is 2.40. The molecule has 0 saturated carbocycles. The lowest BCUT2D eigenvalue weighted by Crippen LogP contribution is -2.51. The standard InChI is InChI=1S/C13H20N4O2/c1-10-8-14-13(15-11(10)2)17-5-4-16(6-7-19-3)12(18)9-17/h8H,4-7,9H2,1-3H3. The molecule has 1 fully saturated rings. The summed E-state index contributed by atoms with van der Waals surface area (Å²) < 4.78 is 5.00. The second-order valence-electron chi connectivity index (χ2n) is 4.73. The van der Waals surface area contributed by atoms with Crippen molar-refractivity contribution in [2.75, 3.05) is 44.8 Å². The third-order valence-corrected chi connectivity index (χ3v) is 3.38. The molecule has 1 aromatic heterocycles. The molecule has 0 spiro atoms. The maximum Gasteiger partial charge on any atom is 0.242 e. The van der Waals surface area contributed by atoms with Crippen molar-refractivity contribution in [3.8, 4) is 0 Å². The number of nitrogens with zero attached hydrogens (tertiary/aromatic N) is 4. The van der Waals surface area contributed by atoms with E-state index in [4.69, 9.17) is 4.74 Å². The number of carbonyl (C=O) groups excluding carboxylic acids is 1. The van der Waals surface area contributed by atoms with Crippen molar-refractivity contribution in [3.05, 3.63) is 17.5 Å². The molecule has 2 rings (SSSR count). The first kappa shape index (κ1) is 13.7. The van der Waals surface area contributed by atoms with Crippen LogP contribution >= 0.6 is 0 Å². The zero-order valence-electron chi connectivity index (χ0n) is 11.7. The van der Waals surface area contributed by atoms with Crippen molar-refractivity contribution in [1.82, 2.24) is 14.9 Å². The Morgan fingerprint density at radius 2 is 2.16 bits per heavy atom. The number of ether oxygens (including phenoxy) is 1. The molecule has 19 heavy (non-hydrogen) atoms. The first-order valence-corrected chi connectivity index (χ1v) is 6.43. The molecule has 104 valence electrons. The first-order chi connectivity index (χ1) is 9.11. The zero-order chi connectivity index (χ0) is 13.8. The smallest absolute Gasteiger partial charge is 0.242 e. The monoisotopic (exact) mass is 264 g/mol. The molecule has 0 bridgehead atoms. The molecule has 1 amide bonds. The van der Waals surface area contributed by atoms with Crippen LogP contribution in [0.4, 0.5) is 5.95 Å². The van der Waals surface area contributed by atoms with E-state index in [0.717, 1.165) is 17.8 Å². The Hall–Kier alpha value is -1.69. The molecule has 1 saturated heterocycles. The van der Waals surface area contributed by atoms with E-state index >= 15 is 0 Å². The fraction of sp³-hybridized carbons (Fsp3) is 0.615. The molecular formula is C13H20N4O2. The lowest BCUT2D eigenvalue weighted by atomic mass is 10.3. The van der Waals surface area contributed by atoms with Crippen molar-refractivity contribution in [3.63, 3.8) is 0 Å². The minimum absolute atomic E-state index is 0.102. The molecule has 1 aliphatic heterocycles. The molecule has 6 nitrogen and oxygen atoms in total. The highest BCUT2D eigenvalue weighted by Gasteiger charge is 2.25. The van der Waals surface area contributed by atoms with Gasteiger partial charge in [-0.1, -0.05) is 0 Å². The van der Waals surface area contributed by atoms with Gasteiger partial charge in [-0.05, 0) is 19.4 Å². The summed E-state index contributed by atoms with van der Waals surface area (Å²) in [7, 11) is 1.64. The lowest BCUT2D eigenvalue weighted by molar-refractivity contribution is -0.131. The van der Waals surface area contributed by atoms with E-state index in [0.29, 0.717) is 32.2 Å². The Morgan fingerprint density at radius 3 is 2.79 bits per heavy atom. The van der Waals surface area contributed by atoms with Crippen LogP contribution in [0.2, 0.25) is 0 Å².